The van der Waals surface area contributed by atoms with Crippen LogP contribution in [0.25, 0.3) is 22.2 Å². The number of aryl methyl sites for hydroxylation is 1. The molecule has 3 aromatic rings. The zero-order chi connectivity index (χ0) is 13.4. The molecule has 1 aromatic carbocycles. The van der Waals surface area contributed by atoms with Crippen molar-refractivity contribution in [2.75, 3.05) is 12.8 Å². The number of pyridine rings is 1. The van der Waals surface area contributed by atoms with Crippen molar-refractivity contribution in [2.45, 2.75) is 6.92 Å². The van der Waals surface area contributed by atoms with Crippen LogP contribution in [0.15, 0.2) is 34.9 Å². The first-order valence-corrected chi connectivity index (χ1v) is 5.86. The molecule has 0 aliphatic rings. The predicted molar refractivity (Wildman–Crippen MR) is 72.9 cm³/mol. The second-order valence-corrected chi connectivity index (χ2v) is 4.29. The molecular weight excluding hydrogens is 242 g/mol. The van der Waals surface area contributed by atoms with E-state index in [9.17, 15) is 0 Å². The maximum absolute atomic E-state index is 5.86. The van der Waals surface area contributed by atoms with Crippen LogP contribution in [0.3, 0.4) is 0 Å². The molecule has 0 saturated carbocycles. The lowest BCUT2D eigenvalue weighted by Gasteiger charge is -2.06. The molecule has 2 N–H and O–H groups in total. The Labute approximate surface area is 110 Å². The van der Waals surface area contributed by atoms with Gasteiger partial charge in [-0.2, -0.15) is 0 Å². The predicted octanol–water partition coefficient (Wildman–Crippen LogP) is 2.79. The average molecular weight is 255 g/mol. The van der Waals surface area contributed by atoms with E-state index in [2.05, 4.69) is 10.1 Å². The fourth-order valence-corrected chi connectivity index (χ4v) is 2.11. The second-order valence-electron chi connectivity index (χ2n) is 4.29. The molecule has 0 fully saturated rings. The van der Waals surface area contributed by atoms with E-state index >= 15 is 0 Å². The van der Waals surface area contributed by atoms with Crippen LogP contribution in [0.4, 0.5) is 5.82 Å². The topological polar surface area (TPSA) is 74.2 Å². The van der Waals surface area contributed by atoms with Crippen LogP contribution in [0, 0.1) is 6.92 Å². The number of methoxy groups -OCH3 is 1. The van der Waals surface area contributed by atoms with Crippen molar-refractivity contribution in [1.29, 1.82) is 0 Å². The Bertz CT molecular complexity index is 750. The van der Waals surface area contributed by atoms with Crippen molar-refractivity contribution in [1.82, 2.24) is 10.1 Å². The highest BCUT2D eigenvalue weighted by molar-refractivity contribution is 5.99. The summed E-state index contributed by atoms with van der Waals surface area (Å²) < 4.78 is 10.4. The average Bonchev–Trinajstić information content (AvgIpc) is 2.79. The number of benzene rings is 1. The summed E-state index contributed by atoms with van der Waals surface area (Å²) in [6.07, 6.45) is 0. The highest BCUT2D eigenvalue weighted by atomic mass is 16.5. The molecule has 19 heavy (non-hydrogen) atoms. The van der Waals surface area contributed by atoms with E-state index in [4.69, 9.17) is 15.0 Å². The van der Waals surface area contributed by atoms with Crippen LogP contribution < -0.4 is 10.5 Å². The lowest BCUT2D eigenvalue weighted by molar-refractivity contribution is 0.415. The Hall–Kier alpha value is -2.56. The summed E-state index contributed by atoms with van der Waals surface area (Å²) >= 11 is 0. The number of nitrogen functional groups attached to an aromatic ring is 1. The van der Waals surface area contributed by atoms with Gasteiger partial charge in [-0.1, -0.05) is 17.3 Å². The molecular formula is C14H13N3O2. The van der Waals surface area contributed by atoms with Crippen LogP contribution in [0.1, 0.15) is 5.69 Å². The third-order valence-electron chi connectivity index (χ3n) is 2.98. The molecule has 0 amide bonds. The number of fused-ring (bicyclic) bond motifs is 1. The Morgan fingerprint density at radius 1 is 1.26 bits per heavy atom. The summed E-state index contributed by atoms with van der Waals surface area (Å²) in [7, 11) is 1.64. The Morgan fingerprint density at radius 3 is 2.89 bits per heavy atom. The number of hydrogen-bond donors (Lipinski definition) is 1. The zero-order valence-electron chi connectivity index (χ0n) is 10.7. The fourth-order valence-electron chi connectivity index (χ4n) is 2.11. The minimum absolute atomic E-state index is 0.348. The van der Waals surface area contributed by atoms with E-state index in [0.717, 1.165) is 28.0 Å². The molecule has 96 valence electrons. The molecule has 0 aliphatic heterocycles. The quantitative estimate of drug-likeness (QED) is 0.762. The zero-order valence-corrected chi connectivity index (χ0v) is 10.7. The molecule has 2 aromatic heterocycles. The Kier molecular flexibility index (Phi) is 2.59. The normalized spacial score (nSPS) is 10.8. The maximum atomic E-state index is 5.86. The first-order chi connectivity index (χ1) is 9.19. The highest BCUT2D eigenvalue weighted by Gasteiger charge is 2.14. The molecule has 0 bridgehead atoms. The number of rotatable bonds is 2. The van der Waals surface area contributed by atoms with Crippen molar-refractivity contribution >= 4 is 16.9 Å². The Morgan fingerprint density at radius 2 is 2.11 bits per heavy atom. The van der Waals surface area contributed by atoms with Crippen molar-refractivity contribution in [3.8, 4) is 16.9 Å². The van der Waals surface area contributed by atoms with Crippen molar-refractivity contribution in [3.05, 3.63) is 36.0 Å². The van der Waals surface area contributed by atoms with E-state index in [1.165, 1.54) is 0 Å². The van der Waals surface area contributed by atoms with Gasteiger partial charge in [-0.25, -0.2) is 4.98 Å². The third kappa shape index (κ3) is 1.89. The van der Waals surface area contributed by atoms with Gasteiger partial charge in [-0.15, -0.1) is 0 Å². The third-order valence-corrected chi connectivity index (χ3v) is 2.98. The largest absolute Gasteiger partial charge is 0.497 e. The van der Waals surface area contributed by atoms with Gasteiger partial charge < -0.3 is 15.0 Å². The summed E-state index contributed by atoms with van der Waals surface area (Å²) in [5, 5.41) is 4.51. The van der Waals surface area contributed by atoms with Gasteiger partial charge in [0.05, 0.1) is 12.5 Å². The summed E-state index contributed by atoms with van der Waals surface area (Å²) in [5.41, 5.74) is 9.10. The molecule has 0 aliphatic carbocycles. The van der Waals surface area contributed by atoms with E-state index in [1.54, 1.807) is 7.11 Å². The first kappa shape index (κ1) is 11.5. The van der Waals surface area contributed by atoms with Gasteiger partial charge in [-0.05, 0) is 30.7 Å². The molecule has 0 atom stereocenters. The number of ether oxygens (including phenoxy) is 1. The summed E-state index contributed by atoms with van der Waals surface area (Å²) in [4.78, 5) is 4.28. The smallest absolute Gasteiger partial charge is 0.260 e. The van der Waals surface area contributed by atoms with Gasteiger partial charge >= 0.3 is 0 Å². The summed E-state index contributed by atoms with van der Waals surface area (Å²) in [6.45, 7) is 1.90. The summed E-state index contributed by atoms with van der Waals surface area (Å²) in [5.74, 6) is 1.13. The minimum Gasteiger partial charge on any atom is -0.497 e. The maximum Gasteiger partial charge on any atom is 0.260 e. The van der Waals surface area contributed by atoms with Gasteiger partial charge in [0.15, 0.2) is 5.82 Å². The van der Waals surface area contributed by atoms with Gasteiger partial charge in [0.1, 0.15) is 5.75 Å². The van der Waals surface area contributed by atoms with Crippen molar-refractivity contribution in [2.24, 2.45) is 0 Å². The standard InChI is InChI=1S/C14H13N3O2/c1-8-6-11(9-4-3-5-10(7-9)18-2)12-13(15)17-19-14(12)16-8/h3-7H,1-2H3,(H2,15,17). The molecule has 5 heteroatoms. The molecule has 0 spiro atoms. The van der Waals surface area contributed by atoms with Crippen LogP contribution in [-0.2, 0) is 0 Å². The van der Waals surface area contributed by atoms with Gasteiger partial charge in [0, 0.05) is 11.3 Å². The van der Waals surface area contributed by atoms with Crippen LogP contribution in [0.2, 0.25) is 0 Å². The lowest BCUT2D eigenvalue weighted by Crippen LogP contribution is -1.90. The van der Waals surface area contributed by atoms with Crippen molar-refractivity contribution < 1.29 is 9.26 Å². The molecule has 2 heterocycles. The van der Waals surface area contributed by atoms with Crippen LogP contribution in [-0.4, -0.2) is 17.3 Å². The van der Waals surface area contributed by atoms with E-state index in [-0.39, 0.29) is 0 Å². The highest BCUT2D eigenvalue weighted by Crippen LogP contribution is 2.33. The lowest BCUT2D eigenvalue weighted by atomic mass is 10.0. The SMILES string of the molecule is COc1cccc(-c2cc(C)nc3onc(N)c23)c1. The molecule has 3 rings (SSSR count). The fraction of sp³-hybridized carbons (Fsp3) is 0.143. The number of hydrogen-bond acceptors (Lipinski definition) is 5. The number of aromatic nitrogens is 2. The summed E-state index contributed by atoms with van der Waals surface area (Å²) in [6, 6.07) is 9.72. The monoisotopic (exact) mass is 255 g/mol. The van der Waals surface area contributed by atoms with Gasteiger partial charge in [-0.3, -0.25) is 0 Å². The number of anilines is 1. The van der Waals surface area contributed by atoms with Gasteiger partial charge in [0.2, 0.25) is 0 Å². The molecule has 0 radical (unpaired) electrons. The number of nitrogens with two attached hydrogens (primary N) is 1. The van der Waals surface area contributed by atoms with Gasteiger partial charge in [0.25, 0.3) is 5.71 Å². The second kappa shape index (κ2) is 4.28. The Balaban J connectivity index is 2.31. The molecule has 5 nitrogen and oxygen atoms in total. The molecule has 0 saturated heterocycles. The van der Waals surface area contributed by atoms with Crippen molar-refractivity contribution in [3.63, 3.8) is 0 Å². The first-order valence-electron chi connectivity index (χ1n) is 5.86. The van der Waals surface area contributed by atoms with Crippen LogP contribution in [0.5, 0.6) is 5.75 Å². The van der Waals surface area contributed by atoms with Crippen LogP contribution >= 0.6 is 0 Å². The van der Waals surface area contributed by atoms with E-state index in [0.29, 0.717) is 11.5 Å². The number of nitrogens with zero attached hydrogens (tertiary/aromatic N) is 2. The van der Waals surface area contributed by atoms with E-state index < -0.39 is 0 Å². The van der Waals surface area contributed by atoms with E-state index in [1.807, 2.05) is 37.3 Å². The minimum atomic E-state index is 0.348. The molecule has 0 unspecified atom stereocenters.